The van der Waals surface area contributed by atoms with E-state index in [0.29, 0.717) is 11.2 Å². The second-order valence-corrected chi connectivity index (χ2v) is 7.21. The molecule has 0 atom stereocenters. The third-order valence-electron chi connectivity index (χ3n) is 4.77. The van der Waals surface area contributed by atoms with Gasteiger partial charge in [-0.2, -0.15) is 0 Å². The van der Waals surface area contributed by atoms with Crippen molar-refractivity contribution in [1.29, 1.82) is 0 Å². The van der Waals surface area contributed by atoms with Crippen molar-refractivity contribution in [2.45, 2.75) is 38.6 Å². The average Bonchev–Trinajstić information content (AvgIpc) is 3.26. The van der Waals surface area contributed by atoms with Crippen LogP contribution in [0.5, 0.6) is 0 Å². The number of carbonyl (C=O) groups is 1. The predicted octanol–water partition coefficient (Wildman–Crippen LogP) is 1.77. The van der Waals surface area contributed by atoms with Crippen LogP contribution in [-0.2, 0) is 0 Å². The largest absolute Gasteiger partial charge is 0.344 e. The molecule has 0 spiro atoms. The van der Waals surface area contributed by atoms with Gasteiger partial charge < -0.3 is 15.1 Å². The number of hydrogen-bond acceptors (Lipinski definition) is 6. The van der Waals surface area contributed by atoms with Crippen LogP contribution in [0.2, 0.25) is 0 Å². The van der Waals surface area contributed by atoms with E-state index >= 15 is 0 Å². The SMILES string of the molecule is CCN1CCN(c2nnc(N(C)C(=O)NC3CCCC3)s2)CC1. The summed E-state index contributed by atoms with van der Waals surface area (Å²) >= 11 is 1.49. The Morgan fingerprint density at radius 2 is 1.96 bits per heavy atom. The van der Waals surface area contributed by atoms with E-state index in [1.165, 1.54) is 24.2 Å². The highest BCUT2D eigenvalue weighted by atomic mass is 32.1. The van der Waals surface area contributed by atoms with Crippen LogP contribution < -0.4 is 15.1 Å². The van der Waals surface area contributed by atoms with E-state index in [0.717, 1.165) is 50.7 Å². The number of amides is 2. The molecule has 1 aromatic rings. The molecule has 0 bridgehead atoms. The molecule has 3 rings (SSSR count). The smallest absolute Gasteiger partial charge is 0.323 e. The Balaban J connectivity index is 1.56. The molecule has 1 aromatic heterocycles. The first-order chi connectivity index (χ1) is 11.2. The van der Waals surface area contributed by atoms with E-state index in [2.05, 4.69) is 32.2 Å². The molecule has 1 aliphatic heterocycles. The number of aromatic nitrogens is 2. The lowest BCUT2D eigenvalue weighted by molar-refractivity contribution is 0.244. The van der Waals surface area contributed by atoms with Crippen LogP contribution in [-0.4, -0.2) is 66.9 Å². The number of hydrogen-bond donors (Lipinski definition) is 1. The molecule has 1 saturated heterocycles. The van der Waals surface area contributed by atoms with Gasteiger partial charge in [0, 0.05) is 39.3 Å². The van der Waals surface area contributed by atoms with Crippen molar-refractivity contribution in [2.24, 2.45) is 0 Å². The minimum Gasteiger partial charge on any atom is -0.344 e. The number of likely N-dealkylation sites (N-methyl/N-ethyl adjacent to an activating group) is 1. The lowest BCUT2D eigenvalue weighted by Gasteiger charge is -2.33. The number of nitrogens with one attached hydrogen (secondary N) is 1. The van der Waals surface area contributed by atoms with Crippen molar-refractivity contribution in [3.05, 3.63) is 0 Å². The van der Waals surface area contributed by atoms with Crippen LogP contribution in [0.1, 0.15) is 32.6 Å². The fourth-order valence-corrected chi connectivity index (χ4v) is 4.01. The van der Waals surface area contributed by atoms with Gasteiger partial charge in [-0.3, -0.25) is 4.90 Å². The molecular weight excluding hydrogens is 312 g/mol. The second-order valence-electron chi connectivity index (χ2n) is 6.28. The summed E-state index contributed by atoms with van der Waals surface area (Å²) in [4.78, 5) is 18.6. The quantitative estimate of drug-likeness (QED) is 0.906. The Morgan fingerprint density at radius 1 is 1.26 bits per heavy atom. The fourth-order valence-electron chi connectivity index (χ4n) is 3.16. The normalized spacial score (nSPS) is 20.0. The Hall–Kier alpha value is -1.41. The molecule has 7 nitrogen and oxygen atoms in total. The number of nitrogens with zero attached hydrogens (tertiary/aromatic N) is 5. The van der Waals surface area contributed by atoms with Crippen LogP contribution in [0.3, 0.4) is 0 Å². The highest BCUT2D eigenvalue weighted by molar-refractivity contribution is 7.19. The van der Waals surface area contributed by atoms with Crippen molar-refractivity contribution in [3.63, 3.8) is 0 Å². The van der Waals surface area contributed by atoms with Crippen molar-refractivity contribution in [1.82, 2.24) is 20.4 Å². The zero-order valence-corrected chi connectivity index (χ0v) is 14.8. The molecule has 1 saturated carbocycles. The van der Waals surface area contributed by atoms with Crippen LogP contribution in [0.25, 0.3) is 0 Å². The maximum atomic E-state index is 12.3. The maximum Gasteiger partial charge on any atom is 0.323 e. The summed E-state index contributed by atoms with van der Waals surface area (Å²) in [6.07, 6.45) is 4.59. The monoisotopic (exact) mass is 338 g/mol. The van der Waals surface area contributed by atoms with Crippen molar-refractivity contribution >= 4 is 27.6 Å². The van der Waals surface area contributed by atoms with Gasteiger partial charge in [-0.1, -0.05) is 31.1 Å². The molecule has 2 fully saturated rings. The van der Waals surface area contributed by atoms with E-state index in [4.69, 9.17) is 0 Å². The second kappa shape index (κ2) is 7.44. The van der Waals surface area contributed by atoms with Gasteiger partial charge in [-0.05, 0) is 19.4 Å². The highest BCUT2D eigenvalue weighted by Gasteiger charge is 2.24. The van der Waals surface area contributed by atoms with E-state index in [9.17, 15) is 4.79 Å². The van der Waals surface area contributed by atoms with Gasteiger partial charge in [0.15, 0.2) is 0 Å². The zero-order valence-electron chi connectivity index (χ0n) is 14.0. The Bertz CT molecular complexity index is 522. The van der Waals surface area contributed by atoms with Crippen LogP contribution in [0, 0.1) is 0 Å². The van der Waals surface area contributed by atoms with Gasteiger partial charge in [0.2, 0.25) is 10.3 Å². The summed E-state index contributed by atoms with van der Waals surface area (Å²) in [5.41, 5.74) is 0. The molecule has 1 N–H and O–H groups in total. The van der Waals surface area contributed by atoms with Gasteiger partial charge in [0.05, 0.1) is 0 Å². The molecule has 1 aliphatic carbocycles. The summed E-state index contributed by atoms with van der Waals surface area (Å²) in [6.45, 7) is 7.35. The number of carbonyl (C=O) groups excluding carboxylic acids is 1. The number of rotatable bonds is 4. The predicted molar refractivity (Wildman–Crippen MR) is 93.4 cm³/mol. The standard InChI is InChI=1S/C15H26N6OS/c1-3-20-8-10-21(11-9-20)15-18-17-14(23-15)19(2)13(22)16-12-6-4-5-7-12/h12H,3-11H2,1-2H3,(H,16,22). The number of anilines is 2. The van der Waals surface area contributed by atoms with E-state index in [1.54, 1.807) is 11.9 Å². The maximum absolute atomic E-state index is 12.3. The summed E-state index contributed by atoms with van der Waals surface area (Å²) in [5.74, 6) is 0. The van der Waals surface area contributed by atoms with Crippen LogP contribution in [0.4, 0.5) is 15.1 Å². The number of urea groups is 1. The lowest BCUT2D eigenvalue weighted by atomic mass is 10.2. The molecule has 23 heavy (non-hydrogen) atoms. The molecule has 0 radical (unpaired) electrons. The van der Waals surface area contributed by atoms with E-state index in [-0.39, 0.29) is 6.03 Å². The van der Waals surface area contributed by atoms with E-state index in [1.807, 2.05) is 0 Å². The molecule has 128 valence electrons. The first kappa shape index (κ1) is 16.4. The molecule has 8 heteroatoms. The van der Waals surface area contributed by atoms with Gasteiger partial charge in [-0.15, -0.1) is 10.2 Å². The van der Waals surface area contributed by atoms with Crippen molar-refractivity contribution < 1.29 is 4.79 Å². The van der Waals surface area contributed by atoms with Gasteiger partial charge in [0.25, 0.3) is 0 Å². The first-order valence-electron chi connectivity index (χ1n) is 8.52. The average molecular weight is 338 g/mol. The van der Waals surface area contributed by atoms with Gasteiger partial charge in [-0.25, -0.2) is 4.79 Å². The summed E-state index contributed by atoms with van der Waals surface area (Å²) in [7, 11) is 1.77. The fraction of sp³-hybridized carbons (Fsp3) is 0.800. The molecule has 0 aromatic carbocycles. The minimum atomic E-state index is -0.0737. The molecule has 2 amide bonds. The third-order valence-corrected chi connectivity index (χ3v) is 5.83. The van der Waals surface area contributed by atoms with Gasteiger partial charge in [0.1, 0.15) is 0 Å². The van der Waals surface area contributed by atoms with E-state index < -0.39 is 0 Å². The summed E-state index contributed by atoms with van der Waals surface area (Å²) in [5, 5.41) is 13.1. The molecule has 0 unspecified atom stereocenters. The lowest BCUT2D eigenvalue weighted by Crippen LogP contribution is -2.46. The van der Waals surface area contributed by atoms with Crippen molar-refractivity contribution in [3.8, 4) is 0 Å². The van der Waals surface area contributed by atoms with Crippen LogP contribution in [0.15, 0.2) is 0 Å². The molecule has 2 heterocycles. The molecule has 2 aliphatic rings. The highest BCUT2D eigenvalue weighted by Crippen LogP contribution is 2.27. The molecular formula is C15H26N6OS. The summed E-state index contributed by atoms with van der Waals surface area (Å²) < 4.78 is 0. The topological polar surface area (TPSA) is 64.6 Å². The summed E-state index contributed by atoms with van der Waals surface area (Å²) in [6, 6.07) is 0.245. The Labute approximate surface area is 141 Å². The Morgan fingerprint density at radius 3 is 2.61 bits per heavy atom. The zero-order chi connectivity index (χ0) is 16.2. The number of piperazine rings is 1. The van der Waals surface area contributed by atoms with Crippen LogP contribution >= 0.6 is 11.3 Å². The van der Waals surface area contributed by atoms with Gasteiger partial charge >= 0.3 is 6.03 Å². The van der Waals surface area contributed by atoms with Crippen molar-refractivity contribution in [2.75, 3.05) is 49.6 Å². The third kappa shape index (κ3) is 3.92. The first-order valence-corrected chi connectivity index (χ1v) is 9.34. The Kier molecular flexibility index (Phi) is 5.32. The minimum absolute atomic E-state index is 0.0737.